The van der Waals surface area contributed by atoms with E-state index in [4.69, 9.17) is 28.0 Å². The quantitative estimate of drug-likeness (QED) is 0.474. The fourth-order valence-electron chi connectivity index (χ4n) is 2.34. The summed E-state index contributed by atoms with van der Waals surface area (Å²) < 4.78 is 0. The van der Waals surface area contributed by atoms with Gasteiger partial charge in [-0.25, -0.2) is 0 Å². The van der Waals surface area contributed by atoms with Crippen LogP contribution in [0.5, 0.6) is 5.75 Å². The van der Waals surface area contributed by atoms with Crippen LogP contribution < -0.4 is 4.84 Å². The number of para-hydroxylation sites is 1. The first-order valence-electron chi connectivity index (χ1n) is 7.64. The van der Waals surface area contributed by atoms with Gasteiger partial charge in [0.05, 0.1) is 0 Å². The van der Waals surface area contributed by atoms with Gasteiger partial charge in [0, 0.05) is 21.2 Å². The van der Waals surface area contributed by atoms with E-state index in [0.717, 1.165) is 0 Å². The van der Waals surface area contributed by atoms with Gasteiger partial charge >= 0.3 is 0 Å². The number of benzene rings is 3. The predicted molar refractivity (Wildman–Crippen MR) is 101 cm³/mol. The van der Waals surface area contributed by atoms with E-state index in [1.54, 1.807) is 48.5 Å². The first kappa shape index (κ1) is 17.5. The molecule has 0 aromatic heterocycles. The minimum absolute atomic E-state index is 0.280. The molecule has 0 bridgehead atoms. The third-order valence-corrected chi connectivity index (χ3v) is 4.28. The van der Waals surface area contributed by atoms with Crippen LogP contribution in [0.2, 0.25) is 10.0 Å². The molecule has 0 saturated carbocycles. The van der Waals surface area contributed by atoms with Crippen molar-refractivity contribution in [3.05, 3.63) is 100 Å². The highest BCUT2D eigenvalue weighted by atomic mass is 35.5. The number of oxime groups is 1. The molecule has 1 unspecified atom stereocenters. The molecule has 0 radical (unpaired) electrons. The molecule has 3 rings (SSSR count). The van der Waals surface area contributed by atoms with E-state index >= 15 is 0 Å². The summed E-state index contributed by atoms with van der Waals surface area (Å²) in [6.45, 7) is 0. The molecular formula is C20H15Cl2NO2. The highest BCUT2D eigenvalue weighted by molar-refractivity contribution is 6.35. The van der Waals surface area contributed by atoms with Crippen LogP contribution in [0.3, 0.4) is 0 Å². The van der Waals surface area contributed by atoms with Crippen molar-refractivity contribution < 1.29 is 9.94 Å². The van der Waals surface area contributed by atoms with Gasteiger partial charge in [-0.1, -0.05) is 83.0 Å². The first-order valence-corrected chi connectivity index (χ1v) is 8.40. The summed E-state index contributed by atoms with van der Waals surface area (Å²) in [5.74, 6) is 0.554. The van der Waals surface area contributed by atoms with Gasteiger partial charge in [0.2, 0.25) is 0 Å². The molecule has 3 aromatic carbocycles. The SMILES string of the molecule is OC(C(=NOc1ccccc1)c1ccccc1Cl)c1ccccc1Cl. The second-order valence-corrected chi connectivity index (χ2v) is 6.10. The van der Waals surface area contributed by atoms with Crippen molar-refractivity contribution in [1.82, 2.24) is 0 Å². The molecule has 0 aliphatic heterocycles. The minimum Gasteiger partial charge on any atom is -0.382 e. The van der Waals surface area contributed by atoms with Gasteiger partial charge in [0.15, 0.2) is 5.75 Å². The average molecular weight is 372 g/mol. The Hall–Kier alpha value is -2.33. The Morgan fingerprint density at radius 1 is 0.800 bits per heavy atom. The van der Waals surface area contributed by atoms with Gasteiger partial charge in [-0.2, -0.15) is 0 Å². The Morgan fingerprint density at radius 2 is 1.40 bits per heavy atom. The molecule has 0 spiro atoms. The molecule has 3 aromatic rings. The van der Waals surface area contributed by atoms with E-state index in [9.17, 15) is 5.11 Å². The van der Waals surface area contributed by atoms with E-state index in [-0.39, 0.29) is 5.71 Å². The molecule has 126 valence electrons. The van der Waals surface area contributed by atoms with Crippen LogP contribution in [0.25, 0.3) is 0 Å². The van der Waals surface area contributed by atoms with Crippen LogP contribution in [0, 0.1) is 0 Å². The van der Waals surface area contributed by atoms with E-state index in [0.29, 0.717) is 26.9 Å². The Kier molecular flexibility index (Phi) is 5.71. The lowest BCUT2D eigenvalue weighted by molar-refractivity contribution is 0.239. The average Bonchev–Trinajstić information content (AvgIpc) is 2.64. The maximum Gasteiger partial charge on any atom is 0.157 e. The highest BCUT2D eigenvalue weighted by Gasteiger charge is 2.22. The molecule has 5 heteroatoms. The first-order chi connectivity index (χ1) is 12.2. The van der Waals surface area contributed by atoms with Crippen LogP contribution in [-0.2, 0) is 0 Å². The van der Waals surface area contributed by atoms with Crippen LogP contribution in [0.1, 0.15) is 17.2 Å². The summed E-state index contributed by atoms with van der Waals surface area (Å²) in [6, 6.07) is 23.3. The normalized spacial score (nSPS) is 12.7. The van der Waals surface area contributed by atoms with E-state index in [2.05, 4.69) is 5.16 Å². The smallest absolute Gasteiger partial charge is 0.157 e. The summed E-state index contributed by atoms with van der Waals surface area (Å²) in [4.78, 5) is 5.49. The third kappa shape index (κ3) is 4.20. The second-order valence-electron chi connectivity index (χ2n) is 5.28. The van der Waals surface area contributed by atoms with Crippen LogP contribution in [0.15, 0.2) is 84.0 Å². The number of aliphatic hydroxyl groups excluding tert-OH is 1. The Bertz CT molecular complexity index is 882. The molecular weight excluding hydrogens is 357 g/mol. The van der Waals surface area contributed by atoms with Crippen molar-refractivity contribution in [3.8, 4) is 5.75 Å². The van der Waals surface area contributed by atoms with Crippen LogP contribution in [0.4, 0.5) is 0 Å². The number of nitrogens with zero attached hydrogens (tertiary/aromatic N) is 1. The maximum absolute atomic E-state index is 10.9. The molecule has 1 N–H and O–H groups in total. The van der Waals surface area contributed by atoms with Crippen LogP contribution in [-0.4, -0.2) is 10.8 Å². The van der Waals surface area contributed by atoms with Gasteiger partial charge < -0.3 is 9.94 Å². The van der Waals surface area contributed by atoms with E-state index in [1.165, 1.54) is 0 Å². The predicted octanol–water partition coefficient (Wildman–Crippen LogP) is 5.51. The zero-order chi connectivity index (χ0) is 17.6. The lowest BCUT2D eigenvalue weighted by Crippen LogP contribution is -2.16. The Morgan fingerprint density at radius 3 is 2.08 bits per heavy atom. The Balaban J connectivity index is 2.03. The van der Waals surface area contributed by atoms with Gasteiger partial charge in [0.1, 0.15) is 11.8 Å². The number of aliphatic hydroxyl groups is 1. The number of hydrogen-bond donors (Lipinski definition) is 1. The van der Waals surface area contributed by atoms with Gasteiger partial charge in [0.25, 0.3) is 0 Å². The van der Waals surface area contributed by atoms with Crippen molar-refractivity contribution >= 4 is 28.9 Å². The van der Waals surface area contributed by atoms with E-state index in [1.807, 2.05) is 30.3 Å². The standard InChI is InChI=1S/C20H15Cl2NO2/c21-17-12-6-4-10-15(17)19(23-25-14-8-2-1-3-9-14)20(24)16-11-5-7-13-18(16)22/h1-13,20,24H. The van der Waals surface area contributed by atoms with Crippen molar-refractivity contribution in [2.45, 2.75) is 6.10 Å². The number of hydrogen-bond acceptors (Lipinski definition) is 3. The molecule has 25 heavy (non-hydrogen) atoms. The lowest BCUT2D eigenvalue weighted by atomic mass is 9.99. The molecule has 0 fully saturated rings. The zero-order valence-electron chi connectivity index (χ0n) is 13.1. The number of rotatable bonds is 5. The van der Waals surface area contributed by atoms with Crippen molar-refractivity contribution in [2.75, 3.05) is 0 Å². The van der Waals surface area contributed by atoms with Crippen molar-refractivity contribution in [3.63, 3.8) is 0 Å². The monoisotopic (exact) mass is 371 g/mol. The van der Waals surface area contributed by atoms with Crippen LogP contribution >= 0.6 is 23.2 Å². The highest BCUT2D eigenvalue weighted by Crippen LogP contribution is 2.29. The summed E-state index contributed by atoms with van der Waals surface area (Å²) >= 11 is 12.5. The fourth-order valence-corrected chi connectivity index (χ4v) is 2.81. The third-order valence-electron chi connectivity index (χ3n) is 3.60. The fraction of sp³-hybridized carbons (Fsp3) is 0.0500. The summed E-state index contributed by atoms with van der Waals surface area (Å²) in [5, 5.41) is 15.9. The van der Waals surface area contributed by atoms with Crippen molar-refractivity contribution in [2.24, 2.45) is 5.16 Å². The molecule has 0 amide bonds. The van der Waals surface area contributed by atoms with Gasteiger partial charge in [-0.3, -0.25) is 0 Å². The zero-order valence-corrected chi connectivity index (χ0v) is 14.7. The topological polar surface area (TPSA) is 41.8 Å². The van der Waals surface area contributed by atoms with Gasteiger partial charge in [-0.05, 0) is 24.3 Å². The molecule has 0 heterocycles. The molecule has 0 saturated heterocycles. The second kappa shape index (κ2) is 8.17. The molecule has 3 nitrogen and oxygen atoms in total. The maximum atomic E-state index is 10.9. The molecule has 1 atom stereocenters. The summed E-state index contributed by atoms with van der Waals surface area (Å²) in [6.07, 6.45) is -1.09. The van der Waals surface area contributed by atoms with E-state index < -0.39 is 6.10 Å². The van der Waals surface area contributed by atoms with Gasteiger partial charge in [-0.15, -0.1) is 0 Å². The molecule has 0 aliphatic carbocycles. The lowest BCUT2D eigenvalue weighted by Gasteiger charge is -2.16. The largest absolute Gasteiger partial charge is 0.382 e. The Labute approximate surface area is 156 Å². The summed E-state index contributed by atoms with van der Waals surface area (Å²) in [7, 11) is 0. The minimum atomic E-state index is -1.09. The number of halogens is 2. The molecule has 0 aliphatic rings. The summed E-state index contributed by atoms with van der Waals surface area (Å²) in [5.41, 5.74) is 1.38. The van der Waals surface area contributed by atoms with Crippen molar-refractivity contribution in [1.29, 1.82) is 0 Å².